The van der Waals surface area contributed by atoms with Crippen LogP contribution in [0.25, 0.3) is 0 Å². The summed E-state index contributed by atoms with van der Waals surface area (Å²) in [5.74, 6) is 2.79. The molecule has 0 spiro atoms. The van der Waals surface area contributed by atoms with Crippen LogP contribution in [0.1, 0.15) is 6.42 Å². The van der Waals surface area contributed by atoms with Gasteiger partial charge < -0.3 is 0 Å². The predicted octanol–water partition coefficient (Wildman–Crippen LogP) is 0.223. The molecule has 84 valence electrons. The SMILES string of the molecule is C1CSCSC1.[C]=O.[C]=O.[C]=O.[C]=O.[Fe]. The smallest absolute Gasteiger partial charge is 0.281 e. The zero-order chi connectivity index (χ0) is 12.2. The monoisotopic (exact) mass is 288 g/mol. The molecule has 1 aliphatic heterocycles. The van der Waals surface area contributed by atoms with Crippen LogP contribution in [-0.2, 0) is 36.2 Å². The van der Waals surface area contributed by atoms with E-state index in [0.29, 0.717) is 0 Å². The molecule has 0 aliphatic carbocycles. The first-order valence-electron chi connectivity index (χ1n) is 2.97. The summed E-state index contributed by atoms with van der Waals surface area (Å²) in [6.45, 7) is 18.0. The van der Waals surface area contributed by atoms with Gasteiger partial charge in [0.2, 0.25) is 0 Å². The quantitative estimate of drug-likeness (QED) is 0.594. The molecule has 1 aliphatic rings. The van der Waals surface area contributed by atoms with Gasteiger partial charge in [-0.3, -0.25) is 19.2 Å². The van der Waals surface area contributed by atoms with E-state index in [1.54, 1.807) is 0 Å². The summed E-state index contributed by atoms with van der Waals surface area (Å²) in [6, 6.07) is 0. The van der Waals surface area contributed by atoms with Gasteiger partial charge in [-0.15, -0.1) is 0 Å². The number of thioether (sulfide) groups is 2. The van der Waals surface area contributed by atoms with Crippen LogP contribution in [0.3, 0.4) is 0 Å². The molecule has 1 rings (SSSR count). The number of hydrogen-bond donors (Lipinski definition) is 0. The van der Waals surface area contributed by atoms with Gasteiger partial charge in [-0.05, 0) is 17.9 Å². The van der Waals surface area contributed by atoms with Gasteiger partial charge in [0.05, 0.1) is 0 Å². The molecule has 8 radical (unpaired) electrons. The minimum absolute atomic E-state index is 0. The van der Waals surface area contributed by atoms with E-state index in [0.717, 1.165) is 0 Å². The van der Waals surface area contributed by atoms with Crippen molar-refractivity contribution < 1.29 is 36.2 Å². The van der Waals surface area contributed by atoms with E-state index in [1.165, 1.54) is 23.0 Å². The zero-order valence-electron chi connectivity index (χ0n) is 7.63. The summed E-state index contributed by atoms with van der Waals surface area (Å²) in [6.07, 6.45) is 1.43. The third-order valence-electron chi connectivity index (χ3n) is 0.744. The fourth-order valence-corrected chi connectivity index (χ4v) is 2.73. The summed E-state index contributed by atoms with van der Waals surface area (Å²) in [7, 11) is 0. The molecule has 0 aromatic rings. The molecule has 4 nitrogen and oxygen atoms in total. The maximum Gasteiger partial charge on any atom is 0.281 e. The Balaban J connectivity index is -0.0000000325. The minimum Gasteiger partial charge on any atom is -0.281 e. The maximum atomic E-state index is 7.50. The van der Waals surface area contributed by atoms with Crippen LogP contribution >= 0.6 is 23.5 Å². The van der Waals surface area contributed by atoms with Gasteiger partial charge >= 0.3 is 0 Å². The van der Waals surface area contributed by atoms with Crippen molar-refractivity contribution in [2.45, 2.75) is 6.42 Å². The van der Waals surface area contributed by atoms with Crippen molar-refractivity contribution in [2.75, 3.05) is 16.6 Å². The summed E-state index contributed by atoms with van der Waals surface area (Å²) >= 11 is 4.12. The first-order valence-corrected chi connectivity index (χ1v) is 5.28. The third kappa shape index (κ3) is 56.5. The van der Waals surface area contributed by atoms with E-state index in [2.05, 4.69) is 50.7 Å². The number of rotatable bonds is 0. The topological polar surface area (TPSA) is 68.3 Å². The van der Waals surface area contributed by atoms with E-state index in [1.807, 2.05) is 0 Å². The first kappa shape index (κ1) is 29.4. The van der Waals surface area contributed by atoms with Crippen LogP contribution < -0.4 is 0 Å². The Labute approximate surface area is 110 Å². The van der Waals surface area contributed by atoms with E-state index in [4.69, 9.17) is 19.2 Å². The number of hydrogen-bond acceptors (Lipinski definition) is 6. The van der Waals surface area contributed by atoms with Gasteiger partial charge in [0, 0.05) is 22.2 Å². The van der Waals surface area contributed by atoms with Crippen LogP contribution in [-0.4, -0.2) is 43.7 Å². The Hall–Kier alpha value is -0.101. The van der Waals surface area contributed by atoms with E-state index in [9.17, 15) is 0 Å². The molecule has 0 N–H and O–H groups in total. The minimum atomic E-state index is 0. The molecule has 7 heteroatoms. The normalized spacial score (nSPS) is 10.7. The first-order chi connectivity index (χ1) is 7.00. The van der Waals surface area contributed by atoms with Crippen LogP contribution in [0, 0.1) is 0 Å². The Morgan fingerprint density at radius 3 is 1.00 bits per heavy atom. The van der Waals surface area contributed by atoms with E-state index in [-0.39, 0.29) is 17.1 Å². The van der Waals surface area contributed by atoms with Gasteiger partial charge in [0.1, 0.15) is 0 Å². The largest absolute Gasteiger partial charge is 0.281 e. The summed E-state index contributed by atoms with van der Waals surface area (Å²) < 4.78 is 0. The van der Waals surface area contributed by atoms with Crippen molar-refractivity contribution >= 4 is 50.7 Å². The van der Waals surface area contributed by atoms with Crippen molar-refractivity contribution in [2.24, 2.45) is 0 Å². The molecule has 0 bridgehead atoms. The molecule has 0 atom stereocenters. The predicted molar refractivity (Wildman–Crippen MR) is 57.2 cm³/mol. The van der Waals surface area contributed by atoms with Crippen LogP contribution in [0.5, 0.6) is 0 Å². The zero-order valence-corrected chi connectivity index (χ0v) is 10.4. The second-order valence-corrected chi connectivity index (χ2v) is 3.86. The fourth-order valence-electron chi connectivity index (χ4n) is 0.440. The molecule has 0 aromatic heterocycles. The van der Waals surface area contributed by atoms with Gasteiger partial charge in [-0.1, -0.05) is 0 Å². The molecule has 0 aromatic carbocycles. The standard InChI is InChI=1S/C4H8S2.4CO.Fe/c1-2-5-4-6-3-1;4*1-2;/h1-4H2;;;;;. The van der Waals surface area contributed by atoms with Gasteiger partial charge in [0.25, 0.3) is 27.2 Å². The maximum absolute atomic E-state index is 7.50. The Morgan fingerprint density at radius 1 is 0.667 bits per heavy atom. The van der Waals surface area contributed by atoms with Gasteiger partial charge in [-0.2, -0.15) is 23.5 Å². The van der Waals surface area contributed by atoms with Crippen molar-refractivity contribution in [1.82, 2.24) is 0 Å². The Kier molecular flexibility index (Phi) is 130. The summed E-state index contributed by atoms with van der Waals surface area (Å²) in [4.78, 5) is 30.0. The molecule has 15 heavy (non-hydrogen) atoms. The average Bonchev–Trinajstić information content (AvgIpc) is 2.41. The Morgan fingerprint density at radius 2 is 0.933 bits per heavy atom. The second-order valence-electron chi connectivity index (χ2n) is 1.29. The fraction of sp³-hybridized carbons (Fsp3) is 0.500. The van der Waals surface area contributed by atoms with Gasteiger partial charge in [0.15, 0.2) is 0 Å². The average molecular weight is 288 g/mol. The molecule has 0 saturated carbocycles. The molecular weight excluding hydrogens is 280 g/mol. The van der Waals surface area contributed by atoms with Crippen molar-refractivity contribution in [3.8, 4) is 0 Å². The Bertz CT molecular complexity index is 67.5. The summed E-state index contributed by atoms with van der Waals surface area (Å²) in [5.41, 5.74) is 0. The number of carbonyl (C=O) groups excluding carboxylic acids is 4. The third-order valence-corrected chi connectivity index (χ3v) is 3.23. The second kappa shape index (κ2) is 66.5. The molecule has 0 unspecified atom stereocenters. The summed E-state index contributed by atoms with van der Waals surface area (Å²) in [5, 5.41) is 1.33. The molecule has 1 heterocycles. The van der Waals surface area contributed by atoms with Crippen LogP contribution in [0.2, 0.25) is 0 Å². The van der Waals surface area contributed by atoms with Gasteiger partial charge in [-0.25, -0.2) is 0 Å². The van der Waals surface area contributed by atoms with Crippen LogP contribution in [0.15, 0.2) is 0 Å². The van der Waals surface area contributed by atoms with E-state index < -0.39 is 0 Å². The molecular formula is C8H8FeO4S2. The van der Waals surface area contributed by atoms with Crippen LogP contribution in [0.4, 0.5) is 0 Å². The van der Waals surface area contributed by atoms with Crippen molar-refractivity contribution in [3.05, 3.63) is 0 Å². The molecule has 0 amide bonds. The molecule has 1 saturated heterocycles. The van der Waals surface area contributed by atoms with Crippen molar-refractivity contribution in [1.29, 1.82) is 0 Å². The van der Waals surface area contributed by atoms with E-state index >= 15 is 0 Å². The molecule has 1 fully saturated rings. The van der Waals surface area contributed by atoms with Crippen molar-refractivity contribution in [3.63, 3.8) is 0 Å².